The highest BCUT2D eigenvalue weighted by Gasteiger charge is 2.51. The van der Waals surface area contributed by atoms with Gasteiger partial charge >= 0.3 is 0 Å². The first kappa shape index (κ1) is 29.8. The monoisotopic (exact) mass is 585 g/mol. The van der Waals surface area contributed by atoms with Gasteiger partial charge in [-0.05, 0) is 120 Å². The number of aliphatic hydroxyl groups excluding tert-OH is 1. The van der Waals surface area contributed by atoms with E-state index in [9.17, 15) is 9.90 Å². The fourth-order valence-electron chi connectivity index (χ4n) is 7.74. The van der Waals surface area contributed by atoms with E-state index in [1.54, 1.807) is 19.5 Å². The fraction of sp³-hybridized carbons (Fsp3) is 0.600. The molecule has 0 saturated heterocycles. The molecule has 8 nitrogen and oxygen atoms in total. The van der Waals surface area contributed by atoms with E-state index in [1.165, 1.54) is 11.1 Å². The van der Waals surface area contributed by atoms with Crippen LogP contribution in [-0.2, 0) is 15.7 Å². The van der Waals surface area contributed by atoms with Gasteiger partial charge in [-0.1, -0.05) is 12.1 Å². The number of methoxy groups -OCH3 is 1. The summed E-state index contributed by atoms with van der Waals surface area (Å²) in [6, 6.07) is 6.71. The Labute approximate surface area is 255 Å². The third-order valence-corrected chi connectivity index (χ3v) is 10.7. The lowest BCUT2D eigenvalue weighted by molar-refractivity contribution is -0.124. The van der Waals surface area contributed by atoms with Crippen LogP contribution in [0.1, 0.15) is 96.1 Å². The number of aromatic nitrogens is 4. The number of rotatable bonds is 7. The van der Waals surface area contributed by atoms with E-state index in [4.69, 9.17) is 9.72 Å². The molecule has 0 aliphatic heterocycles. The molecule has 1 amide bonds. The largest absolute Gasteiger partial charge is 0.496 e. The minimum Gasteiger partial charge on any atom is -0.496 e. The molecule has 1 N–H and O–H groups in total. The molecule has 3 aromatic rings. The fourth-order valence-corrected chi connectivity index (χ4v) is 7.74. The maximum atomic E-state index is 14.3. The summed E-state index contributed by atoms with van der Waals surface area (Å²) in [5.74, 6) is 1.60. The van der Waals surface area contributed by atoms with Gasteiger partial charge in [-0.15, -0.1) is 0 Å². The lowest BCUT2D eigenvalue weighted by Crippen LogP contribution is -2.52. The number of hydrogen-bond donors (Lipinski definition) is 1. The Morgan fingerprint density at radius 1 is 1.05 bits per heavy atom. The summed E-state index contributed by atoms with van der Waals surface area (Å²) in [5.41, 5.74) is 4.38. The van der Waals surface area contributed by atoms with Crippen molar-refractivity contribution < 1.29 is 14.6 Å². The molecular formula is C35H47N5O3. The molecule has 4 aliphatic carbocycles. The second kappa shape index (κ2) is 11.3. The Morgan fingerprint density at radius 2 is 1.74 bits per heavy atom. The van der Waals surface area contributed by atoms with E-state index in [0.717, 1.165) is 68.4 Å². The van der Waals surface area contributed by atoms with Gasteiger partial charge in [-0.3, -0.25) is 19.4 Å². The number of carbonyl (C=O) groups excluding carboxylic acids is 1. The van der Waals surface area contributed by atoms with Crippen molar-refractivity contribution >= 4 is 11.7 Å². The Morgan fingerprint density at radius 3 is 2.35 bits per heavy atom. The van der Waals surface area contributed by atoms with Crippen LogP contribution in [0, 0.1) is 18.3 Å². The van der Waals surface area contributed by atoms with Gasteiger partial charge in [0.25, 0.3) is 0 Å². The summed E-state index contributed by atoms with van der Waals surface area (Å²) in [6.45, 7) is 9.15. The molecule has 7 rings (SSSR count). The third kappa shape index (κ3) is 5.83. The molecular weight excluding hydrogens is 538 g/mol. The zero-order chi connectivity index (χ0) is 30.4. The van der Waals surface area contributed by atoms with Crippen molar-refractivity contribution in [2.24, 2.45) is 11.3 Å². The summed E-state index contributed by atoms with van der Waals surface area (Å²) in [6.07, 6.45) is 16.5. The molecule has 43 heavy (non-hydrogen) atoms. The molecule has 230 valence electrons. The number of benzene rings is 1. The summed E-state index contributed by atoms with van der Waals surface area (Å²) in [7, 11) is 1.73. The number of aliphatic hydroxyl groups is 1. The number of amides is 1. The summed E-state index contributed by atoms with van der Waals surface area (Å²) < 4.78 is 7.47. The minimum atomic E-state index is -0.301. The molecule has 4 saturated carbocycles. The van der Waals surface area contributed by atoms with Crippen molar-refractivity contribution in [3.8, 4) is 17.0 Å². The quantitative estimate of drug-likeness (QED) is 0.336. The molecule has 2 aromatic heterocycles. The normalized spacial score (nSPS) is 27.2. The number of aryl methyl sites for hydroxylation is 1. The van der Waals surface area contributed by atoms with Crippen LogP contribution < -0.4 is 9.64 Å². The van der Waals surface area contributed by atoms with Crippen molar-refractivity contribution in [2.45, 2.75) is 109 Å². The number of nitrogens with zero attached hydrogens (tertiary/aromatic N) is 5. The van der Waals surface area contributed by atoms with Gasteiger partial charge in [0, 0.05) is 24.2 Å². The van der Waals surface area contributed by atoms with Gasteiger partial charge in [0.1, 0.15) is 5.75 Å². The average Bonchev–Trinajstić information content (AvgIpc) is 3.53. The zero-order valence-electron chi connectivity index (χ0n) is 26.5. The SMILES string of the molecule is COc1ccc(C23CCC(CN(C(=O)C4CCC(O)CC4)c4cncc(-c5cnn(C(C)(C)C)c5)n4)(CC2)CC3)cc1C. The van der Waals surface area contributed by atoms with E-state index in [-0.39, 0.29) is 34.3 Å². The second-order valence-corrected chi connectivity index (χ2v) is 14.5. The van der Waals surface area contributed by atoms with Gasteiger partial charge in [0.15, 0.2) is 5.82 Å². The Balaban J connectivity index is 1.27. The third-order valence-electron chi connectivity index (χ3n) is 10.7. The van der Waals surface area contributed by atoms with Crippen LogP contribution >= 0.6 is 0 Å². The predicted octanol–water partition coefficient (Wildman–Crippen LogP) is 6.59. The van der Waals surface area contributed by atoms with E-state index in [2.05, 4.69) is 56.0 Å². The highest BCUT2D eigenvalue weighted by atomic mass is 16.5. The lowest BCUT2D eigenvalue weighted by atomic mass is 9.51. The number of anilines is 1. The number of carbonyl (C=O) groups is 1. The molecule has 1 aromatic carbocycles. The van der Waals surface area contributed by atoms with Gasteiger partial charge in [-0.2, -0.15) is 5.10 Å². The first-order valence-corrected chi connectivity index (χ1v) is 16.0. The molecule has 2 bridgehead atoms. The lowest BCUT2D eigenvalue weighted by Gasteiger charge is -2.55. The van der Waals surface area contributed by atoms with Crippen molar-refractivity contribution in [3.05, 3.63) is 54.1 Å². The van der Waals surface area contributed by atoms with E-state index >= 15 is 0 Å². The first-order valence-electron chi connectivity index (χ1n) is 16.0. The number of ether oxygens (including phenoxy) is 1. The highest BCUT2D eigenvalue weighted by molar-refractivity contribution is 5.94. The van der Waals surface area contributed by atoms with E-state index < -0.39 is 0 Å². The average molecular weight is 586 g/mol. The minimum absolute atomic E-state index is 0.0713. The molecule has 0 spiro atoms. The Hall–Kier alpha value is -3.26. The van der Waals surface area contributed by atoms with Crippen LogP contribution in [0.25, 0.3) is 11.3 Å². The van der Waals surface area contributed by atoms with Gasteiger partial charge in [0.05, 0.1) is 43.0 Å². The number of fused-ring (bicyclic) bond motifs is 3. The van der Waals surface area contributed by atoms with Crippen LogP contribution in [0.2, 0.25) is 0 Å². The molecule has 4 fully saturated rings. The summed E-state index contributed by atoms with van der Waals surface area (Å²) >= 11 is 0. The van der Waals surface area contributed by atoms with Gasteiger partial charge in [-0.25, -0.2) is 4.98 Å². The molecule has 0 unspecified atom stereocenters. The van der Waals surface area contributed by atoms with Crippen molar-refractivity contribution in [1.82, 2.24) is 19.7 Å². The molecule has 2 heterocycles. The zero-order valence-corrected chi connectivity index (χ0v) is 26.5. The number of hydrogen-bond acceptors (Lipinski definition) is 6. The molecule has 8 heteroatoms. The first-order chi connectivity index (χ1) is 20.5. The molecule has 0 atom stereocenters. The standard InChI is InChI=1S/C35H47N5O3/c1-24-18-27(8-11-30(24)43-5)35-15-12-34(13-16-35,14-17-35)23-39(32(42)25-6-9-28(41)10-7-25)31-21-36-20-29(38-31)26-19-37-40(22-26)33(2,3)4/h8,11,18-22,25,28,41H,6-7,9-10,12-17,23H2,1-5H3. The van der Waals surface area contributed by atoms with Crippen LogP contribution in [0.5, 0.6) is 5.75 Å². The maximum absolute atomic E-state index is 14.3. The van der Waals surface area contributed by atoms with Gasteiger partial charge < -0.3 is 9.84 Å². The molecule has 4 aliphatic rings. The van der Waals surface area contributed by atoms with Crippen LogP contribution in [-0.4, -0.2) is 50.5 Å². The van der Waals surface area contributed by atoms with Crippen LogP contribution in [0.15, 0.2) is 43.0 Å². The summed E-state index contributed by atoms with van der Waals surface area (Å²) in [5, 5.41) is 14.7. The van der Waals surface area contributed by atoms with E-state index in [0.29, 0.717) is 25.2 Å². The van der Waals surface area contributed by atoms with E-state index in [1.807, 2.05) is 22.0 Å². The second-order valence-electron chi connectivity index (χ2n) is 14.5. The van der Waals surface area contributed by atoms with Crippen LogP contribution in [0.3, 0.4) is 0 Å². The van der Waals surface area contributed by atoms with Crippen molar-refractivity contribution in [2.75, 3.05) is 18.6 Å². The van der Waals surface area contributed by atoms with Gasteiger partial charge in [0.2, 0.25) is 5.91 Å². The Bertz CT molecular complexity index is 1440. The Kier molecular flexibility index (Phi) is 7.86. The topological polar surface area (TPSA) is 93.4 Å². The maximum Gasteiger partial charge on any atom is 0.231 e. The predicted molar refractivity (Wildman–Crippen MR) is 168 cm³/mol. The molecule has 0 radical (unpaired) electrons. The van der Waals surface area contributed by atoms with Crippen molar-refractivity contribution in [1.29, 1.82) is 0 Å². The highest BCUT2D eigenvalue weighted by Crippen LogP contribution is 2.58. The van der Waals surface area contributed by atoms with Crippen LogP contribution in [0.4, 0.5) is 5.82 Å². The van der Waals surface area contributed by atoms with Crippen molar-refractivity contribution in [3.63, 3.8) is 0 Å². The summed E-state index contributed by atoms with van der Waals surface area (Å²) in [4.78, 5) is 25.8. The smallest absolute Gasteiger partial charge is 0.231 e.